The molecule has 47 heavy (non-hydrogen) atoms. The van der Waals surface area contributed by atoms with Crippen LogP contribution in [0.15, 0.2) is 103 Å². The van der Waals surface area contributed by atoms with E-state index in [0.29, 0.717) is 0 Å². The van der Waals surface area contributed by atoms with Gasteiger partial charge >= 0.3 is 0 Å². The SMILES string of the molecule is Cc1cc(C)c(B2c3cc(C)ccc3N3c4ccc(C)cc4B(c4c(C)cc(C)cc4C)c4cc(-c5ccccc5)cc2c43)c(C)c1. The first kappa shape index (κ1) is 29.6. The molecule has 0 saturated carbocycles. The van der Waals surface area contributed by atoms with E-state index >= 15 is 0 Å². The van der Waals surface area contributed by atoms with Gasteiger partial charge in [0.2, 0.25) is 13.4 Å². The van der Waals surface area contributed by atoms with Gasteiger partial charge in [-0.3, -0.25) is 0 Å². The van der Waals surface area contributed by atoms with Crippen molar-refractivity contribution < 1.29 is 0 Å². The second-order valence-corrected chi connectivity index (χ2v) is 14.3. The molecule has 228 valence electrons. The van der Waals surface area contributed by atoms with Crippen LogP contribution in [0.25, 0.3) is 11.1 Å². The summed E-state index contributed by atoms with van der Waals surface area (Å²) < 4.78 is 0. The Bertz CT molecular complexity index is 2060. The lowest BCUT2D eigenvalue weighted by Gasteiger charge is -2.45. The largest absolute Gasteiger partial charge is 0.313 e. The third-order valence-electron chi connectivity index (χ3n) is 10.6. The average Bonchev–Trinajstić information content (AvgIpc) is 3.02. The summed E-state index contributed by atoms with van der Waals surface area (Å²) in [5, 5.41) is 0. The van der Waals surface area contributed by atoms with E-state index in [-0.39, 0.29) is 13.4 Å². The fourth-order valence-electron chi connectivity index (χ4n) is 9.01. The first-order chi connectivity index (χ1) is 22.6. The number of fused-ring (bicyclic) bond motifs is 4. The van der Waals surface area contributed by atoms with Gasteiger partial charge in [0.25, 0.3) is 0 Å². The first-order valence-corrected chi connectivity index (χ1v) is 17.0. The summed E-state index contributed by atoms with van der Waals surface area (Å²) in [6.07, 6.45) is 0. The van der Waals surface area contributed by atoms with Crippen molar-refractivity contribution in [2.75, 3.05) is 4.90 Å². The molecule has 6 aromatic rings. The highest BCUT2D eigenvalue weighted by Gasteiger charge is 2.45. The van der Waals surface area contributed by atoms with Crippen LogP contribution in [0.3, 0.4) is 0 Å². The monoisotopic (exact) mass is 605 g/mol. The fourth-order valence-corrected chi connectivity index (χ4v) is 9.01. The Morgan fingerprint density at radius 2 is 0.809 bits per heavy atom. The smallest absolute Gasteiger partial charge is 0.247 e. The lowest BCUT2D eigenvalue weighted by molar-refractivity contribution is 1.28. The number of anilines is 3. The number of hydrogen-bond acceptors (Lipinski definition) is 1. The number of benzene rings is 6. The molecule has 0 radical (unpaired) electrons. The second kappa shape index (κ2) is 10.9. The highest BCUT2D eigenvalue weighted by Crippen LogP contribution is 2.39. The maximum Gasteiger partial charge on any atom is 0.247 e. The minimum absolute atomic E-state index is 0.118. The van der Waals surface area contributed by atoms with Crippen LogP contribution in [0.4, 0.5) is 17.1 Å². The Morgan fingerprint density at radius 1 is 0.383 bits per heavy atom. The molecule has 1 nitrogen and oxygen atoms in total. The Morgan fingerprint density at radius 3 is 1.23 bits per heavy atom. The maximum absolute atomic E-state index is 2.60. The minimum atomic E-state index is 0.118. The van der Waals surface area contributed by atoms with E-state index in [1.165, 1.54) is 105 Å². The van der Waals surface area contributed by atoms with Crippen molar-refractivity contribution in [3.05, 3.63) is 148 Å². The summed E-state index contributed by atoms with van der Waals surface area (Å²) in [6.45, 7) is 18.4. The lowest BCUT2D eigenvalue weighted by atomic mass is 9.29. The standard InChI is InChI=1S/C44H41B2N/c1-26-14-16-40-36(22-26)45(42-30(5)18-28(3)19-31(42)6)38-24-35(34-12-10-9-11-13-34)25-39-44(38)47(40)41-17-15-27(2)23-37(41)46(39)43-32(7)20-29(4)21-33(43)8/h9-25H,1-8H3. The molecule has 2 aliphatic heterocycles. The van der Waals surface area contributed by atoms with Gasteiger partial charge in [0.05, 0.1) is 0 Å². The fraction of sp³-hybridized carbons (Fsp3) is 0.182. The van der Waals surface area contributed by atoms with E-state index in [2.05, 4.69) is 163 Å². The Labute approximate surface area is 281 Å². The first-order valence-electron chi connectivity index (χ1n) is 17.0. The van der Waals surface area contributed by atoms with Crippen LogP contribution in [0.5, 0.6) is 0 Å². The zero-order valence-corrected chi connectivity index (χ0v) is 28.9. The van der Waals surface area contributed by atoms with Gasteiger partial charge in [0, 0.05) is 17.1 Å². The molecule has 0 bridgehead atoms. The minimum Gasteiger partial charge on any atom is -0.313 e. The third-order valence-corrected chi connectivity index (χ3v) is 10.6. The van der Waals surface area contributed by atoms with E-state index in [0.717, 1.165) is 0 Å². The van der Waals surface area contributed by atoms with Gasteiger partial charge in [-0.25, -0.2) is 0 Å². The summed E-state index contributed by atoms with van der Waals surface area (Å²) in [4.78, 5) is 2.60. The molecule has 0 amide bonds. The van der Waals surface area contributed by atoms with Crippen LogP contribution < -0.4 is 37.7 Å². The number of aryl methyl sites for hydroxylation is 8. The Kier molecular flexibility index (Phi) is 6.88. The molecule has 0 saturated heterocycles. The van der Waals surface area contributed by atoms with E-state index in [1.54, 1.807) is 0 Å². The van der Waals surface area contributed by atoms with Gasteiger partial charge in [0.15, 0.2) is 0 Å². The maximum atomic E-state index is 2.60. The van der Waals surface area contributed by atoms with Crippen LogP contribution in [0, 0.1) is 55.4 Å². The van der Waals surface area contributed by atoms with Crippen molar-refractivity contribution >= 4 is 63.3 Å². The zero-order valence-electron chi connectivity index (χ0n) is 28.9. The molecular weight excluding hydrogens is 564 g/mol. The van der Waals surface area contributed by atoms with Crippen LogP contribution in [0.2, 0.25) is 0 Å². The molecule has 8 rings (SSSR count). The van der Waals surface area contributed by atoms with Crippen LogP contribution in [-0.4, -0.2) is 13.4 Å². The number of nitrogens with zero attached hydrogens (tertiary/aromatic N) is 1. The molecule has 0 fully saturated rings. The molecule has 0 unspecified atom stereocenters. The van der Waals surface area contributed by atoms with E-state index in [9.17, 15) is 0 Å². The number of rotatable bonds is 3. The van der Waals surface area contributed by atoms with Gasteiger partial charge < -0.3 is 4.90 Å². The van der Waals surface area contributed by atoms with Crippen LogP contribution >= 0.6 is 0 Å². The molecule has 3 heteroatoms. The lowest BCUT2D eigenvalue weighted by Crippen LogP contribution is -2.66. The average molecular weight is 605 g/mol. The van der Waals surface area contributed by atoms with Crippen molar-refractivity contribution in [1.82, 2.24) is 0 Å². The molecule has 0 spiro atoms. The van der Waals surface area contributed by atoms with Gasteiger partial charge in [-0.05, 0) is 101 Å². The molecule has 2 heterocycles. The van der Waals surface area contributed by atoms with Gasteiger partial charge in [0.1, 0.15) is 0 Å². The highest BCUT2D eigenvalue weighted by atomic mass is 15.2. The predicted molar refractivity (Wildman–Crippen MR) is 207 cm³/mol. The summed E-state index contributed by atoms with van der Waals surface area (Å²) in [5.74, 6) is 0. The topological polar surface area (TPSA) is 3.24 Å². The molecule has 0 aromatic heterocycles. The van der Waals surface area contributed by atoms with Gasteiger partial charge in [-0.2, -0.15) is 0 Å². The molecule has 2 aliphatic rings. The van der Waals surface area contributed by atoms with Crippen LogP contribution in [0.1, 0.15) is 44.5 Å². The van der Waals surface area contributed by atoms with E-state index in [1.807, 2.05) is 0 Å². The zero-order chi connectivity index (χ0) is 32.7. The normalized spacial score (nSPS) is 13.0. The van der Waals surface area contributed by atoms with E-state index < -0.39 is 0 Å². The summed E-state index contributed by atoms with van der Waals surface area (Å²) >= 11 is 0. The molecule has 0 N–H and O–H groups in total. The molecule has 6 aromatic carbocycles. The second-order valence-electron chi connectivity index (χ2n) is 14.3. The Hall–Kier alpha value is -4.75. The van der Waals surface area contributed by atoms with Crippen molar-refractivity contribution in [3.63, 3.8) is 0 Å². The Balaban J connectivity index is 1.56. The van der Waals surface area contributed by atoms with Crippen molar-refractivity contribution in [2.45, 2.75) is 55.4 Å². The molecule has 0 aliphatic carbocycles. The summed E-state index contributed by atoms with van der Waals surface area (Å²) in [6, 6.07) is 39.7. The van der Waals surface area contributed by atoms with Crippen molar-refractivity contribution in [1.29, 1.82) is 0 Å². The molecular formula is C44H41B2N. The molecule has 0 atom stereocenters. The summed E-state index contributed by atoms with van der Waals surface area (Å²) in [7, 11) is 0. The van der Waals surface area contributed by atoms with Crippen molar-refractivity contribution in [3.8, 4) is 11.1 Å². The van der Waals surface area contributed by atoms with E-state index in [4.69, 9.17) is 0 Å². The summed E-state index contributed by atoms with van der Waals surface area (Å²) in [5.41, 5.74) is 25.6. The quantitative estimate of drug-likeness (QED) is 0.197. The van der Waals surface area contributed by atoms with Crippen LogP contribution in [-0.2, 0) is 0 Å². The predicted octanol–water partition coefficient (Wildman–Crippen LogP) is 6.95. The highest BCUT2D eigenvalue weighted by molar-refractivity contribution is 7.02. The van der Waals surface area contributed by atoms with Crippen molar-refractivity contribution in [2.24, 2.45) is 0 Å². The van der Waals surface area contributed by atoms with Gasteiger partial charge in [-0.1, -0.05) is 146 Å². The van der Waals surface area contributed by atoms with Gasteiger partial charge in [-0.15, -0.1) is 0 Å². The number of hydrogen-bond donors (Lipinski definition) is 0. The third kappa shape index (κ3) is 4.62.